The molecular formula is C14H15ClN2O2S. The van der Waals surface area contributed by atoms with Crippen molar-refractivity contribution >= 4 is 34.0 Å². The molecule has 0 fully saturated rings. The van der Waals surface area contributed by atoms with Crippen LogP contribution in [0.25, 0.3) is 0 Å². The largest absolute Gasteiger partial charge is 0.483 e. The van der Waals surface area contributed by atoms with E-state index in [2.05, 4.69) is 10.3 Å². The van der Waals surface area contributed by atoms with Crippen molar-refractivity contribution < 1.29 is 9.53 Å². The monoisotopic (exact) mass is 310 g/mol. The first-order valence-electron chi connectivity index (χ1n) is 6.09. The van der Waals surface area contributed by atoms with Crippen molar-refractivity contribution in [2.75, 3.05) is 11.9 Å². The summed E-state index contributed by atoms with van der Waals surface area (Å²) in [4.78, 5) is 15.9. The Kier molecular flexibility index (Phi) is 4.98. The second kappa shape index (κ2) is 6.72. The lowest BCUT2D eigenvalue weighted by atomic mass is 10.1. The average molecular weight is 311 g/mol. The van der Waals surface area contributed by atoms with Gasteiger partial charge in [-0.2, -0.15) is 0 Å². The molecule has 2 rings (SSSR count). The van der Waals surface area contributed by atoms with Crippen LogP contribution in [0, 0.1) is 13.8 Å². The van der Waals surface area contributed by atoms with Gasteiger partial charge in [-0.1, -0.05) is 12.1 Å². The van der Waals surface area contributed by atoms with Crippen LogP contribution in [0.3, 0.4) is 0 Å². The topological polar surface area (TPSA) is 51.2 Å². The summed E-state index contributed by atoms with van der Waals surface area (Å²) in [5.74, 6) is 0.827. The van der Waals surface area contributed by atoms with Crippen LogP contribution in [0.15, 0.2) is 23.6 Å². The summed E-state index contributed by atoms with van der Waals surface area (Å²) in [6.45, 7) is 3.93. The van der Waals surface area contributed by atoms with Crippen molar-refractivity contribution in [2.45, 2.75) is 19.7 Å². The third kappa shape index (κ3) is 3.71. The number of nitrogens with zero attached hydrogens (tertiary/aromatic N) is 1. The zero-order valence-corrected chi connectivity index (χ0v) is 12.8. The third-order valence-corrected chi connectivity index (χ3v) is 3.93. The number of hydrogen-bond acceptors (Lipinski definition) is 4. The number of alkyl halides is 1. The normalized spacial score (nSPS) is 10.3. The minimum atomic E-state index is -0.235. The first-order valence-corrected chi connectivity index (χ1v) is 7.51. The molecule has 0 bridgehead atoms. The van der Waals surface area contributed by atoms with Crippen molar-refractivity contribution in [3.05, 3.63) is 40.4 Å². The van der Waals surface area contributed by atoms with Crippen LogP contribution in [0.1, 0.15) is 16.8 Å². The van der Waals surface area contributed by atoms with E-state index >= 15 is 0 Å². The Bertz CT molecular complexity index is 613. The van der Waals surface area contributed by atoms with Gasteiger partial charge in [0.1, 0.15) is 5.75 Å². The maximum atomic E-state index is 11.8. The molecule has 1 heterocycles. The van der Waals surface area contributed by atoms with Gasteiger partial charge in [-0.05, 0) is 31.0 Å². The fraction of sp³-hybridized carbons (Fsp3) is 0.286. The molecule has 0 radical (unpaired) electrons. The van der Waals surface area contributed by atoms with Crippen LogP contribution < -0.4 is 10.1 Å². The predicted molar refractivity (Wildman–Crippen MR) is 81.7 cm³/mol. The second-order valence-electron chi connectivity index (χ2n) is 4.31. The molecule has 6 heteroatoms. The molecule has 0 atom stereocenters. The van der Waals surface area contributed by atoms with Gasteiger partial charge < -0.3 is 4.74 Å². The smallest absolute Gasteiger partial charge is 0.264 e. The second-order valence-corrected chi connectivity index (χ2v) is 5.44. The predicted octanol–water partition coefficient (Wildman–Crippen LogP) is 3.52. The number of aryl methyl sites for hydroxylation is 1. The summed E-state index contributed by atoms with van der Waals surface area (Å²) in [7, 11) is 0. The van der Waals surface area contributed by atoms with Gasteiger partial charge in [0.15, 0.2) is 11.7 Å². The molecule has 106 valence electrons. The van der Waals surface area contributed by atoms with Crippen molar-refractivity contribution in [2.24, 2.45) is 0 Å². The lowest BCUT2D eigenvalue weighted by Gasteiger charge is -2.10. The highest BCUT2D eigenvalue weighted by atomic mass is 35.5. The van der Waals surface area contributed by atoms with E-state index in [1.807, 2.05) is 37.4 Å². The number of ether oxygens (including phenoxy) is 1. The molecule has 0 saturated carbocycles. The summed E-state index contributed by atoms with van der Waals surface area (Å²) in [5.41, 5.74) is 2.93. The van der Waals surface area contributed by atoms with E-state index in [0.717, 1.165) is 22.6 Å². The van der Waals surface area contributed by atoms with E-state index in [4.69, 9.17) is 16.3 Å². The lowest BCUT2D eigenvalue weighted by Crippen LogP contribution is -2.20. The molecule has 0 unspecified atom stereocenters. The average Bonchev–Trinajstić information content (AvgIpc) is 2.88. The van der Waals surface area contributed by atoms with Gasteiger partial charge in [0.05, 0.1) is 11.6 Å². The van der Waals surface area contributed by atoms with Gasteiger partial charge >= 0.3 is 0 Å². The highest BCUT2D eigenvalue weighted by Crippen LogP contribution is 2.21. The number of amides is 1. The van der Waals surface area contributed by atoms with Gasteiger partial charge in [0.25, 0.3) is 5.91 Å². The van der Waals surface area contributed by atoms with E-state index in [1.165, 1.54) is 11.3 Å². The molecule has 2 aromatic rings. The molecule has 4 nitrogen and oxygen atoms in total. The van der Waals surface area contributed by atoms with Gasteiger partial charge in [-0.15, -0.1) is 22.9 Å². The summed E-state index contributed by atoms with van der Waals surface area (Å²) in [6, 6.07) is 5.76. The van der Waals surface area contributed by atoms with Gasteiger partial charge in [-0.3, -0.25) is 10.1 Å². The van der Waals surface area contributed by atoms with E-state index < -0.39 is 0 Å². The van der Waals surface area contributed by atoms with Crippen LogP contribution in [-0.4, -0.2) is 17.5 Å². The summed E-state index contributed by atoms with van der Waals surface area (Å²) in [5, 5.41) is 5.04. The molecular weight excluding hydrogens is 296 g/mol. The number of benzene rings is 1. The van der Waals surface area contributed by atoms with Crippen LogP contribution >= 0.6 is 22.9 Å². The van der Waals surface area contributed by atoms with E-state index in [1.54, 1.807) is 0 Å². The highest BCUT2D eigenvalue weighted by Gasteiger charge is 2.08. The Morgan fingerprint density at radius 1 is 1.45 bits per heavy atom. The molecule has 1 N–H and O–H groups in total. The Labute approximate surface area is 126 Å². The van der Waals surface area contributed by atoms with Crippen LogP contribution in [0.4, 0.5) is 5.13 Å². The van der Waals surface area contributed by atoms with Gasteiger partial charge in [-0.25, -0.2) is 4.98 Å². The van der Waals surface area contributed by atoms with E-state index in [0.29, 0.717) is 11.0 Å². The summed E-state index contributed by atoms with van der Waals surface area (Å²) < 4.78 is 5.52. The van der Waals surface area contributed by atoms with Crippen LogP contribution in [0.5, 0.6) is 5.75 Å². The highest BCUT2D eigenvalue weighted by molar-refractivity contribution is 7.13. The zero-order valence-electron chi connectivity index (χ0n) is 11.3. The number of carbonyl (C=O) groups excluding carboxylic acids is 1. The Morgan fingerprint density at radius 3 is 2.95 bits per heavy atom. The van der Waals surface area contributed by atoms with E-state index in [-0.39, 0.29) is 12.5 Å². The number of halogens is 1. The maximum Gasteiger partial charge on any atom is 0.264 e. The van der Waals surface area contributed by atoms with Gasteiger partial charge in [0.2, 0.25) is 0 Å². The molecule has 0 aliphatic carbocycles. The minimum absolute atomic E-state index is 0.0416. The number of thiazole rings is 1. The molecule has 1 amide bonds. The number of aromatic nitrogens is 1. The molecule has 20 heavy (non-hydrogen) atoms. The Hall–Kier alpha value is -1.59. The van der Waals surface area contributed by atoms with Crippen LogP contribution in [-0.2, 0) is 10.7 Å². The van der Waals surface area contributed by atoms with Crippen molar-refractivity contribution in [3.8, 4) is 5.75 Å². The minimum Gasteiger partial charge on any atom is -0.483 e. The molecule has 0 aliphatic rings. The number of carbonyl (C=O) groups is 1. The number of hydrogen-bond donors (Lipinski definition) is 1. The van der Waals surface area contributed by atoms with Crippen molar-refractivity contribution in [1.29, 1.82) is 0 Å². The first kappa shape index (κ1) is 14.8. The summed E-state index contributed by atoms with van der Waals surface area (Å²) in [6.07, 6.45) is 0. The molecule has 0 spiro atoms. The Balaban J connectivity index is 1.90. The fourth-order valence-electron chi connectivity index (χ4n) is 1.60. The Morgan fingerprint density at radius 2 is 2.25 bits per heavy atom. The SMILES string of the molecule is Cc1cccc(OCC(=O)Nc2nc(CCl)cs2)c1C. The molecule has 1 aromatic carbocycles. The fourth-order valence-corrected chi connectivity index (χ4v) is 2.56. The van der Waals surface area contributed by atoms with Gasteiger partial charge in [0, 0.05) is 5.38 Å². The third-order valence-electron chi connectivity index (χ3n) is 2.85. The maximum absolute atomic E-state index is 11.8. The molecule has 0 saturated heterocycles. The first-order chi connectivity index (χ1) is 9.60. The van der Waals surface area contributed by atoms with Crippen molar-refractivity contribution in [3.63, 3.8) is 0 Å². The molecule has 0 aliphatic heterocycles. The van der Waals surface area contributed by atoms with Crippen LogP contribution in [0.2, 0.25) is 0 Å². The quantitative estimate of drug-likeness (QED) is 0.860. The number of rotatable bonds is 5. The number of anilines is 1. The summed E-state index contributed by atoms with van der Waals surface area (Å²) >= 11 is 7.00. The molecule has 1 aromatic heterocycles. The number of nitrogens with one attached hydrogen (secondary N) is 1. The standard InChI is InChI=1S/C14H15ClN2O2S/c1-9-4-3-5-12(10(9)2)19-7-13(18)17-14-16-11(6-15)8-20-14/h3-5,8H,6-7H2,1-2H3,(H,16,17,18). The zero-order chi connectivity index (χ0) is 14.5. The van der Waals surface area contributed by atoms with E-state index in [9.17, 15) is 4.79 Å². The lowest BCUT2D eigenvalue weighted by molar-refractivity contribution is -0.118. The van der Waals surface area contributed by atoms with Crippen molar-refractivity contribution in [1.82, 2.24) is 4.98 Å².